The van der Waals surface area contributed by atoms with E-state index in [0.717, 1.165) is 43.3 Å². The van der Waals surface area contributed by atoms with Crippen LogP contribution in [-0.2, 0) is 22.7 Å². The average molecular weight is 485 g/mol. The van der Waals surface area contributed by atoms with Gasteiger partial charge in [0.25, 0.3) is 0 Å². The lowest BCUT2D eigenvalue weighted by Gasteiger charge is -2.37. The fourth-order valence-corrected chi connectivity index (χ4v) is 5.88. The summed E-state index contributed by atoms with van der Waals surface area (Å²) in [6.07, 6.45) is 0.939. The number of nitrogens with zero attached hydrogens (tertiary/aromatic N) is 3. The van der Waals surface area contributed by atoms with Crippen molar-refractivity contribution in [2.75, 3.05) is 31.1 Å². The second-order valence-electron chi connectivity index (χ2n) is 9.24. The van der Waals surface area contributed by atoms with E-state index in [2.05, 4.69) is 57.3 Å². The monoisotopic (exact) mass is 484 g/mol. The Kier molecular flexibility index (Phi) is 6.40. The molecule has 2 amide bonds. The zero-order valence-electron chi connectivity index (χ0n) is 18.8. The third-order valence-corrected chi connectivity index (χ3v) is 7.86. The number of amides is 2. The fraction of sp³-hybridized carbons (Fsp3) is 0.440. The van der Waals surface area contributed by atoms with Crippen LogP contribution in [0.2, 0.25) is 5.02 Å². The van der Waals surface area contributed by atoms with Gasteiger partial charge in [-0.15, -0.1) is 0 Å². The molecule has 3 heterocycles. The summed E-state index contributed by atoms with van der Waals surface area (Å²) in [5, 5.41) is 3.13. The quantitative estimate of drug-likeness (QED) is 0.513. The number of piperazine rings is 1. The number of nitrogens with one attached hydrogen (secondary N) is 1. The Balaban J connectivity index is 1.21. The van der Waals surface area contributed by atoms with Crippen LogP contribution >= 0.6 is 24.2 Å². The molecule has 2 unspecified atom stereocenters. The number of carbonyl (C=O) groups excluding carboxylic acids is 2. The first-order chi connectivity index (χ1) is 15.9. The molecular formula is C25H29ClN4O2S. The van der Waals surface area contributed by atoms with Gasteiger partial charge in [-0.3, -0.25) is 24.7 Å². The van der Waals surface area contributed by atoms with E-state index in [9.17, 15) is 9.59 Å². The van der Waals surface area contributed by atoms with Crippen LogP contribution in [-0.4, -0.2) is 53.8 Å². The van der Waals surface area contributed by atoms with Gasteiger partial charge in [0.05, 0.1) is 11.4 Å². The minimum atomic E-state index is -0.302. The van der Waals surface area contributed by atoms with Crippen LogP contribution in [0.1, 0.15) is 40.5 Å². The summed E-state index contributed by atoms with van der Waals surface area (Å²) in [7, 11) is 0. The van der Waals surface area contributed by atoms with Gasteiger partial charge in [-0.2, -0.15) is 12.6 Å². The molecule has 0 aromatic heterocycles. The fourth-order valence-electron chi connectivity index (χ4n) is 5.22. The molecule has 5 rings (SSSR count). The van der Waals surface area contributed by atoms with Crippen molar-refractivity contribution in [3.05, 3.63) is 63.7 Å². The second kappa shape index (κ2) is 9.29. The number of benzene rings is 2. The molecule has 0 aliphatic carbocycles. The maximum absolute atomic E-state index is 12.4. The topological polar surface area (TPSA) is 55.9 Å². The number of anilines is 1. The van der Waals surface area contributed by atoms with E-state index in [-0.39, 0.29) is 23.2 Å². The normalized spacial score (nSPS) is 24.2. The molecule has 8 heteroatoms. The van der Waals surface area contributed by atoms with Crippen LogP contribution in [0, 0.1) is 6.92 Å². The number of hydrogen-bond donors (Lipinski definition) is 2. The van der Waals surface area contributed by atoms with Gasteiger partial charge >= 0.3 is 0 Å². The first-order valence-electron chi connectivity index (χ1n) is 11.5. The number of hydrogen-bond acceptors (Lipinski definition) is 6. The summed E-state index contributed by atoms with van der Waals surface area (Å²) in [5.74, 6) is -0.386. The van der Waals surface area contributed by atoms with Crippen molar-refractivity contribution >= 4 is 41.7 Å². The highest BCUT2D eigenvalue weighted by molar-refractivity contribution is 7.80. The lowest BCUT2D eigenvalue weighted by Crippen LogP contribution is -2.51. The molecule has 0 radical (unpaired) electrons. The first-order valence-corrected chi connectivity index (χ1v) is 12.4. The highest BCUT2D eigenvalue weighted by Crippen LogP contribution is 2.39. The van der Waals surface area contributed by atoms with Gasteiger partial charge < -0.3 is 4.90 Å². The minimum Gasteiger partial charge on any atom is -0.369 e. The molecule has 6 nitrogen and oxygen atoms in total. The smallest absolute Gasteiger partial charge is 0.243 e. The highest BCUT2D eigenvalue weighted by Gasteiger charge is 2.39. The molecule has 33 heavy (non-hydrogen) atoms. The Morgan fingerprint density at radius 3 is 2.64 bits per heavy atom. The van der Waals surface area contributed by atoms with Crippen LogP contribution in [0.4, 0.5) is 5.69 Å². The van der Waals surface area contributed by atoms with Crippen LogP contribution < -0.4 is 10.2 Å². The maximum atomic E-state index is 12.4. The Bertz CT molecular complexity index is 1090. The van der Waals surface area contributed by atoms with E-state index in [1.807, 2.05) is 6.07 Å². The van der Waals surface area contributed by atoms with Crippen molar-refractivity contribution < 1.29 is 9.59 Å². The number of rotatable bonds is 4. The molecule has 2 fully saturated rings. The number of piperidine rings is 1. The summed E-state index contributed by atoms with van der Waals surface area (Å²) >= 11 is 11.0. The molecule has 2 aromatic carbocycles. The average Bonchev–Trinajstić information content (AvgIpc) is 3.11. The largest absolute Gasteiger partial charge is 0.369 e. The Labute approximate surface area is 205 Å². The van der Waals surface area contributed by atoms with Gasteiger partial charge in [0.1, 0.15) is 0 Å². The number of imide groups is 1. The molecule has 2 saturated heterocycles. The zero-order chi connectivity index (χ0) is 23.1. The van der Waals surface area contributed by atoms with Gasteiger partial charge in [0.15, 0.2) is 0 Å². The highest BCUT2D eigenvalue weighted by atomic mass is 35.5. The molecule has 1 N–H and O–H groups in total. The van der Waals surface area contributed by atoms with Gasteiger partial charge in [-0.1, -0.05) is 35.9 Å². The third kappa shape index (κ3) is 4.64. The second-order valence-corrected chi connectivity index (χ2v) is 10.2. The summed E-state index contributed by atoms with van der Waals surface area (Å²) in [6, 6.07) is 12.4. The zero-order valence-corrected chi connectivity index (χ0v) is 20.4. The Hall–Kier alpha value is -2.06. The van der Waals surface area contributed by atoms with E-state index in [4.69, 9.17) is 24.2 Å². The van der Waals surface area contributed by atoms with Crippen LogP contribution in [0.25, 0.3) is 0 Å². The summed E-state index contributed by atoms with van der Waals surface area (Å²) in [6.45, 7) is 7.69. The molecule has 0 spiro atoms. The van der Waals surface area contributed by atoms with Crippen LogP contribution in [0.5, 0.6) is 0 Å². The minimum absolute atomic E-state index is 0.123. The lowest BCUT2D eigenvalue weighted by atomic mass is 10.0. The van der Waals surface area contributed by atoms with Crippen molar-refractivity contribution in [2.45, 2.75) is 44.3 Å². The number of aryl methyl sites for hydroxylation is 1. The number of thiol groups is 1. The van der Waals surface area contributed by atoms with Crippen molar-refractivity contribution in [2.24, 2.45) is 0 Å². The SMILES string of the molecule is Cc1ccc(Cl)cc1N1CCN(Cc2ccc3c(c2)CN(C2CCC(=O)NC2=O)C3S)CC1. The van der Waals surface area contributed by atoms with Crippen molar-refractivity contribution in [3.63, 3.8) is 0 Å². The lowest BCUT2D eigenvalue weighted by molar-refractivity contribution is -0.137. The summed E-state index contributed by atoms with van der Waals surface area (Å²) in [4.78, 5) is 30.9. The third-order valence-electron chi connectivity index (χ3n) is 7.05. The van der Waals surface area contributed by atoms with E-state index in [0.29, 0.717) is 19.4 Å². The summed E-state index contributed by atoms with van der Waals surface area (Å²) in [5.41, 5.74) is 6.16. The van der Waals surface area contributed by atoms with Crippen LogP contribution in [0.3, 0.4) is 0 Å². The van der Waals surface area contributed by atoms with Gasteiger partial charge in [-0.25, -0.2) is 0 Å². The Morgan fingerprint density at radius 1 is 1.09 bits per heavy atom. The van der Waals surface area contributed by atoms with Gasteiger partial charge in [-0.05, 0) is 47.7 Å². The molecule has 2 aromatic rings. The molecule has 3 aliphatic rings. The predicted molar refractivity (Wildman–Crippen MR) is 134 cm³/mol. The van der Waals surface area contributed by atoms with Crippen LogP contribution in [0.15, 0.2) is 36.4 Å². The number of fused-ring (bicyclic) bond motifs is 1. The Morgan fingerprint density at radius 2 is 1.88 bits per heavy atom. The van der Waals surface area contributed by atoms with E-state index < -0.39 is 0 Å². The molecule has 174 valence electrons. The van der Waals surface area contributed by atoms with E-state index in [1.165, 1.54) is 22.4 Å². The van der Waals surface area contributed by atoms with Crippen molar-refractivity contribution in [1.82, 2.24) is 15.1 Å². The van der Waals surface area contributed by atoms with Gasteiger partial charge in [0.2, 0.25) is 11.8 Å². The molecule has 0 bridgehead atoms. The van der Waals surface area contributed by atoms with Crippen molar-refractivity contribution in [1.29, 1.82) is 0 Å². The van der Waals surface area contributed by atoms with Crippen molar-refractivity contribution in [3.8, 4) is 0 Å². The maximum Gasteiger partial charge on any atom is 0.243 e. The van der Waals surface area contributed by atoms with E-state index in [1.54, 1.807) is 0 Å². The first kappa shape index (κ1) is 22.7. The molecule has 0 saturated carbocycles. The molecule has 2 atom stereocenters. The van der Waals surface area contributed by atoms with E-state index >= 15 is 0 Å². The number of carbonyl (C=O) groups is 2. The number of halogens is 1. The summed E-state index contributed by atoms with van der Waals surface area (Å²) < 4.78 is 0. The van der Waals surface area contributed by atoms with Gasteiger partial charge in [0, 0.05) is 56.4 Å². The predicted octanol–water partition coefficient (Wildman–Crippen LogP) is 3.52. The molecular weight excluding hydrogens is 456 g/mol. The standard InChI is InChI=1S/C25H29ClN4O2S/c1-16-2-4-19(26)13-22(16)29-10-8-28(9-11-29)14-17-3-5-20-18(12-17)15-30(25(20)33)21-6-7-23(31)27-24(21)32/h2-5,12-13,21,25,33H,6-11,14-15H2,1H3,(H,27,31,32). The molecule has 3 aliphatic heterocycles.